The number of carboxylic acids is 2. The molecule has 0 amide bonds. The summed E-state index contributed by atoms with van der Waals surface area (Å²) in [6, 6.07) is 0. The number of carbonyl (C=O) groups is 2. The first-order valence-electron chi connectivity index (χ1n) is 4.04. The molecule has 0 radical (unpaired) electrons. The molecular formula is C8H17NO4. The van der Waals surface area contributed by atoms with Crippen molar-refractivity contribution in [1.29, 1.82) is 0 Å². The lowest BCUT2D eigenvalue weighted by atomic mass is 10.1. The molecule has 0 unspecified atom stereocenters. The van der Waals surface area contributed by atoms with Crippen LogP contribution in [0, 0.1) is 0 Å². The summed E-state index contributed by atoms with van der Waals surface area (Å²) in [5.74, 6) is -1.83. The molecule has 0 spiro atoms. The molecule has 0 rings (SSSR count). The maximum Gasteiger partial charge on any atom is 0.303 e. The van der Waals surface area contributed by atoms with Crippen LogP contribution in [-0.2, 0) is 9.59 Å². The van der Waals surface area contributed by atoms with E-state index in [1.165, 1.54) is 0 Å². The van der Waals surface area contributed by atoms with E-state index in [0.29, 0.717) is 12.8 Å². The number of hydrogen-bond donors (Lipinski definition) is 2. The summed E-state index contributed by atoms with van der Waals surface area (Å²) in [5.41, 5.74) is 0. The minimum absolute atomic E-state index is 0. The number of quaternary nitrogens is 1. The van der Waals surface area contributed by atoms with Gasteiger partial charge in [0.2, 0.25) is 0 Å². The fourth-order valence-corrected chi connectivity index (χ4v) is 0.899. The van der Waals surface area contributed by atoms with Gasteiger partial charge in [0.05, 0.1) is 0 Å². The molecule has 0 aliphatic carbocycles. The van der Waals surface area contributed by atoms with Crippen LogP contribution < -0.4 is 11.3 Å². The van der Waals surface area contributed by atoms with Gasteiger partial charge in [-0.3, -0.25) is 4.79 Å². The van der Waals surface area contributed by atoms with E-state index in [4.69, 9.17) is 5.11 Å². The molecule has 0 aliphatic rings. The van der Waals surface area contributed by atoms with Crippen molar-refractivity contribution in [3.8, 4) is 0 Å². The fourth-order valence-electron chi connectivity index (χ4n) is 0.899. The Bertz CT molecular complexity index is 140. The Morgan fingerprint density at radius 3 is 1.85 bits per heavy atom. The highest BCUT2D eigenvalue weighted by molar-refractivity contribution is 5.66. The number of unbranched alkanes of at least 4 members (excludes halogenated alkanes) is 3. The Balaban J connectivity index is 0. The Hall–Kier alpha value is -1.10. The maximum absolute atomic E-state index is 10.0. The van der Waals surface area contributed by atoms with Crippen molar-refractivity contribution in [2.24, 2.45) is 0 Å². The quantitative estimate of drug-likeness (QED) is 0.571. The van der Waals surface area contributed by atoms with Crippen molar-refractivity contribution in [2.45, 2.75) is 38.5 Å². The summed E-state index contributed by atoms with van der Waals surface area (Å²) < 4.78 is 0. The average Bonchev–Trinajstić information content (AvgIpc) is 1.95. The van der Waals surface area contributed by atoms with Gasteiger partial charge in [0, 0.05) is 12.4 Å². The molecule has 5 heteroatoms. The van der Waals surface area contributed by atoms with Crippen LogP contribution in [0.3, 0.4) is 0 Å². The lowest BCUT2D eigenvalue weighted by Crippen LogP contribution is -2.21. The van der Waals surface area contributed by atoms with Crippen molar-refractivity contribution in [2.75, 3.05) is 0 Å². The Kier molecular flexibility index (Phi) is 9.98. The molecule has 0 aromatic rings. The first kappa shape index (κ1) is 14.4. The average molecular weight is 191 g/mol. The second-order valence-corrected chi connectivity index (χ2v) is 2.68. The van der Waals surface area contributed by atoms with Crippen molar-refractivity contribution in [3.63, 3.8) is 0 Å². The highest BCUT2D eigenvalue weighted by Gasteiger charge is 1.95. The highest BCUT2D eigenvalue weighted by Crippen LogP contribution is 2.04. The molecule has 0 heterocycles. The zero-order chi connectivity index (χ0) is 9.40. The standard InChI is InChI=1S/C8H14O4.H3N/c9-7(10)5-3-1-2-4-6-8(11)12;/h1-6H2,(H,9,10)(H,11,12);1H3. The summed E-state index contributed by atoms with van der Waals surface area (Å²) >= 11 is 0. The van der Waals surface area contributed by atoms with Gasteiger partial charge in [0.1, 0.15) is 0 Å². The van der Waals surface area contributed by atoms with E-state index in [-0.39, 0.29) is 19.0 Å². The molecule has 0 aliphatic heterocycles. The van der Waals surface area contributed by atoms with Crippen molar-refractivity contribution in [1.82, 2.24) is 6.15 Å². The smallest absolute Gasteiger partial charge is 0.303 e. The van der Waals surface area contributed by atoms with Gasteiger partial charge >= 0.3 is 5.97 Å². The zero-order valence-electron chi connectivity index (χ0n) is 7.91. The molecule has 0 saturated heterocycles. The first-order valence-corrected chi connectivity index (χ1v) is 4.04. The lowest BCUT2D eigenvalue weighted by molar-refractivity contribution is -0.305. The van der Waals surface area contributed by atoms with Gasteiger partial charge < -0.3 is 21.2 Å². The Morgan fingerprint density at radius 2 is 1.46 bits per heavy atom. The van der Waals surface area contributed by atoms with Crippen molar-refractivity contribution < 1.29 is 19.8 Å². The topological polar surface area (TPSA) is 114 Å². The van der Waals surface area contributed by atoms with Crippen LogP contribution in [0.2, 0.25) is 0 Å². The summed E-state index contributed by atoms with van der Waals surface area (Å²) in [5, 5.41) is 18.2. The predicted octanol–water partition coefficient (Wildman–Crippen LogP) is 0.538. The van der Waals surface area contributed by atoms with Crippen LogP contribution in [0.25, 0.3) is 0 Å². The molecule has 13 heavy (non-hydrogen) atoms. The van der Waals surface area contributed by atoms with Gasteiger partial charge in [-0.25, -0.2) is 0 Å². The van der Waals surface area contributed by atoms with Crippen molar-refractivity contribution >= 4 is 11.9 Å². The lowest BCUT2D eigenvalue weighted by Gasteiger charge is -2.00. The van der Waals surface area contributed by atoms with Gasteiger partial charge in [-0.1, -0.05) is 12.8 Å². The second-order valence-electron chi connectivity index (χ2n) is 2.68. The third-order valence-electron chi connectivity index (χ3n) is 1.52. The largest absolute Gasteiger partial charge is 0.550 e. The minimum Gasteiger partial charge on any atom is -0.550 e. The molecule has 0 fully saturated rings. The summed E-state index contributed by atoms with van der Waals surface area (Å²) in [4.78, 5) is 20.0. The van der Waals surface area contributed by atoms with E-state index in [1.807, 2.05) is 0 Å². The predicted molar refractivity (Wildman–Crippen MR) is 46.3 cm³/mol. The third kappa shape index (κ3) is 13.8. The highest BCUT2D eigenvalue weighted by atomic mass is 16.4. The van der Waals surface area contributed by atoms with E-state index in [1.54, 1.807) is 0 Å². The summed E-state index contributed by atoms with van der Waals surface area (Å²) in [6.45, 7) is 0. The zero-order valence-corrected chi connectivity index (χ0v) is 7.91. The number of rotatable bonds is 7. The van der Waals surface area contributed by atoms with E-state index in [2.05, 4.69) is 0 Å². The second kappa shape index (κ2) is 8.99. The van der Waals surface area contributed by atoms with Crippen LogP contribution in [0.5, 0.6) is 0 Å². The molecule has 0 saturated carbocycles. The Morgan fingerprint density at radius 1 is 1.00 bits per heavy atom. The van der Waals surface area contributed by atoms with E-state index < -0.39 is 11.9 Å². The van der Waals surface area contributed by atoms with E-state index >= 15 is 0 Å². The number of hydrogen-bond acceptors (Lipinski definition) is 3. The molecule has 0 bridgehead atoms. The van der Waals surface area contributed by atoms with Crippen LogP contribution in [-0.4, -0.2) is 17.0 Å². The monoisotopic (exact) mass is 191 g/mol. The van der Waals surface area contributed by atoms with Gasteiger partial charge in [0.15, 0.2) is 0 Å². The van der Waals surface area contributed by atoms with Gasteiger partial charge in [-0.05, 0) is 19.3 Å². The molecule has 0 aromatic carbocycles. The molecule has 5 N–H and O–H groups in total. The van der Waals surface area contributed by atoms with Crippen LogP contribution >= 0.6 is 0 Å². The molecule has 78 valence electrons. The van der Waals surface area contributed by atoms with Gasteiger partial charge in [0.25, 0.3) is 0 Å². The molecular weight excluding hydrogens is 174 g/mol. The van der Waals surface area contributed by atoms with Crippen LogP contribution in [0.1, 0.15) is 38.5 Å². The van der Waals surface area contributed by atoms with Crippen molar-refractivity contribution in [3.05, 3.63) is 0 Å². The summed E-state index contributed by atoms with van der Waals surface area (Å²) in [7, 11) is 0. The SMILES string of the molecule is O=C([O-])CCCCCCC(=O)O.[NH4+]. The van der Waals surface area contributed by atoms with E-state index in [0.717, 1.165) is 12.8 Å². The summed E-state index contributed by atoms with van der Waals surface area (Å²) in [6.07, 6.45) is 3.00. The maximum atomic E-state index is 10.0. The van der Waals surface area contributed by atoms with Gasteiger partial charge in [-0.15, -0.1) is 0 Å². The Labute approximate surface area is 77.3 Å². The minimum atomic E-state index is -1.03. The molecule has 0 atom stereocenters. The van der Waals surface area contributed by atoms with E-state index in [9.17, 15) is 14.7 Å². The van der Waals surface area contributed by atoms with Crippen LogP contribution in [0.15, 0.2) is 0 Å². The normalized spacial score (nSPS) is 8.92. The molecule has 0 aromatic heterocycles. The number of carboxylic acid groups (broad SMARTS) is 2. The van der Waals surface area contributed by atoms with Crippen LogP contribution in [0.4, 0.5) is 0 Å². The first-order chi connectivity index (χ1) is 5.63. The number of aliphatic carboxylic acids is 2. The fraction of sp³-hybridized carbons (Fsp3) is 0.750. The third-order valence-corrected chi connectivity index (χ3v) is 1.52. The molecule has 5 nitrogen and oxygen atoms in total. The number of carbonyl (C=O) groups excluding carboxylic acids is 1. The van der Waals surface area contributed by atoms with Gasteiger partial charge in [-0.2, -0.15) is 0 Å².